The molecule has 0 radical (unpaired) electrons. The van der Waals surface area contributed by atoms with Crippen molar-refractivity contribution in [3.8, 4) is 0 Å². The minimum absolute atomic E-state index is 0.0185. The molecule has 15 heavy (non-hydrogen) atoms. The first kappa shape index (κ1) is 20.1. The van der Waals surface area contributed by atoms with Gasteiger partial charge in [-0.05, 0) is 13.8 Å². The van der Waals surface area contributed by atoms with Crippen LogP contribution in [0.3, 0.4) is 0 Å². The van der Waals surface area contributed by atoms with Gasteiger partial charge < -0.3 is 9.84 Å². The van der Waals surface area contributed by atoms with Crippen molar-refractivity contribution in [1.29, 1.82) is 0 Å². The van der Waals surface area contributed by atoms with Crippen LogP contribution in [-0.4, -0.2) is 35.4 Å². The van der Waals surface area contributed by atoms with Crippen LogP contribution in [0.25, 0.3) is 0 Å². The van der Waals surface area contributed by atoms with Gasteiger partial charge in [-0.3, -0.25) is 9.59 Å². The van der Waals surface area contributed by atoms with Gasteiger partial charge >= 0.3 is 5.97 Å². The molecule has 1 N–H and O–H groups in total. The van der Waals surface area contributed by atoms with E-state index < -0.39 is 0 Å². The van der Waals surface area contributed by atoms with E-state index in [-0.39, 0.29) is 23.7 Å². The van der Waals surface area contributed by atoms with Gasteiger partial charge in [-0.15, -0.1) is 23.2 Å². The molecule has 92 valence electrons. The van der Waals surface area contributed by atoms with Crippen LogP contribution in [0.5, 0.6) is 0 Å². The standard InChI is InChI=1S/2C4H8O2.CH2Cl2/c1-4(6)2-3-5;1-3-6-4(2)5;2-1-3/h5H,2-3H2,1H3;3H2,1-2H3;1H2. The van der Waals surface area contributed by atoms with Crippen LogP contribution in [0.4, 0.5) is 0 Å². The molecule has 0 heterocycles. The quantitative estimate of drug-likeness (QED) is 0.623. The molecule has 0 atom stereocenters. The van der Waals surface area contributed by atoms with Crippen molar-refractivity contribution in [2.24, 2.45) is 0 Å². The van der Waals surface area contributed by atoms with E-state index in [1.54, 1.807) is 6.92 Å². The van der Waals surface area contributed by atoms with Crippen molar-refractivity contribution in [2.75, 3.05) is 18.6 Å². The maximum Gasteiger partial charge on any atom is 0.302 e. The topological polar surface area (TPSA) is 63.6 Å². The Labute approximate surface area is 101 Å². The summed E-state index contributed by atoms with van der Waals surface area (Å²) in [5, 5.41) is 8.21. The molecular weight excluding hydrogens is 243 g/mol. The minimum atomic E-state index is -0.211. The summed E-state index contributed by atoms with van der Waals surface area (Å²) in [4.78, 5) is 19.7. The summed E-state index contributed by atoms with van der Waals surface area (Å²) < 4.78 is 4.40. The fourth-order valence-electron chi connectivity index (χ4n) is 0.361. The van der Waals surface area contributed by atoms with Crippen LogP contribution in [0.1, 0.15) is 27.2 Å². The second-order valence-electron chi connectivity index (χ2n) is 2.20. The Balaban J connectivity index is -0.000000153. The fraction of sp³-hybridized carbons (Fsp3) is 0.778. The molecule has 0 fully saturated rings. The number of Topliss-reactive ketones (excluding diaryl/α,β-unsaturated/α-hetero) is 1. The van der Waals surface area contributed by atoms with Gasteiger partial charge in [0.05, 0.1) is 11.9 Å². The van der Waals surface area contributed by atoms with Gasteiger partial charge in [0.15, 0.2) is 0 Å². The number of carbonyl (C=O) groups is 2. The highest BCUT2D eigenvalue weighted by Crippen LogP contribution is 1.74. The number of aliphatic hydroxyl groups is 1. The van der Waals surface area contributed by atoms with Gasteiger partial charge in [0, 0.05) is 20.0 Å². The molecule has 0 aromatic rings. The van der Waals surface area contributed by atoms with Crippen LogP contribution >= 0.6 is 23.2 Å². The second kappa shape index (κ2) is 19.3. The summed E-state index contributed by atoms with van der Waals surface area (Å²) in [6.07, 6.45) is 0.292. The van der Waals surface area contributed by atoms with Crippen molar-refractivity contribution >= 4 is 35.0 Å². The molecule has 6 heteroatoms. The second-order valence-corrected chi connectivity index (χ2v) is 3.01. The largest absolute Gasteiger partial charge is 0.466 e. The molecule has 0 saturated heterocycles. The molecule has 0 bridgehead atoms. The monoisotopic (exact) mass is 260 g/mol. The molecule has 0 saturated carbocycles. The smallest absolute Gasteiger partial charge is 0.302 e. The predicted molar refractivity (Wildman–Crippen MR) is 61.3 cm³/mol. The lowest BCUT2D eigenvalue weighted by atomic mass is 10.3. The molecule has 0 rings (SSSR count). The molecular formula is C9H18Cl2O4. The number of carbonyl (C=O) groups excluding carboxylic acids is 2. The van der Waals surface area contributed by atoms with E-state index in [0.717, 1.165) is 0 Å². The van der Waals surface area contributed by atoms with E-state index in [9.17, 15) is 9.59 Å². The van der Waals surface area contributed by atoms with Gasteiger partial charge in [-0.1, -0.05) is 0 Å². The van der Waals surface area contributed by atoms with Crippen molar-refractivity contribution in [3.05, 3.63) is 0 Å². The summed E-state index contributed by atoms with van der Waals surface area (Å²) in [6.45, 7) is 5.09. The van der Waals surface area contributed by atoms with Crippen molar-refractivity contribution in [2.45, 2.75) is 27.2 Å². The minimum Gasteiger partial charge on any atom is -0.466 e. The molecule has 0 amide bonds. The van der Waals surface area contributed by atoms with E-state index >= 15 is 0 Å². The zero-order chi connectivity index (χ0) is 12.7. The van der Waals surface area contributed by atoms with Gasteiger partial charge in [0.2, 0.25) is 0 Å². The maximum atomic E-state index is 9.88. The molecule has 0 unspecified atom stereocenters. The summed E-state index contributed by atoms with van der Waals surface area (Å²) in [5.41, 5.74) is 0. The van der Waals surface area contributed by atoms with E-state index in [0.29, 0.717) is 13.0 Å². The van der Waals surface area contributed by atoms with E-state index in [2.05, 4.69) is 4.74 Å². The molecule has 0 aliphatic heterocycles. The zero-order valence-electron chi connectivity index (χ0n) is 9.26. The number of ether oxygens (including phenoxy) is 1. The van der Waals surface area contributed by atoms with Crippen molar-refractivity contribution < 1.29 is 19.4 Å². The van der Waals surface area contributed by atoms with Crippen LogP contribution in [-0.2, 0) is 14.3 Å². The normalized spacial score (nSPS) is 7.60. The summed E-state index contributed by atoms with van der Waals surface area (Å²) in [7, 11) is 0. The first-order chi connectivity index (χ1) is 6.95. The van der Waals surface area contributed by atoms with Crippen molar-refractivity contribution in [3.63, 3.8) is 0 Å². The molecule has 0 aliphatic carbocycles. The highest BCUT2D eigenvalue weighted by Gasteiger charge is 1.84. The summed E-state index contributed by atoms with van der Waals surface area (Å²) in [5.74, 6) is -0.171. The third-order valence-corrected chi connectivity index (χ3v) is 0.811. The van der Waals surface area contributed by atoms with Gasteiger partial charge in [0.1, 0.15) is 5.78 Å². The molecule has 4 nitrogen and oxygen atoms in total. The van der Waals surface area contributed by atoms with E-state index in [1.165, 1.54) is 13.8 Å². The first-order valence-electron chi connectivity index (χ1n) is 4.31. The lowest BCUT2D eigenvalue weighted by Crippen LogP contribution is -1.95. The number of esters is 1. The Bertz CT molecular complexity index is 135. The van der Waals surface area contributed by atoms with Crippen molar-refractivity contribution in [1.82, 2.24) is 0 Å². The Morgan fingerprint density at radius 3 is 1.67 bits per heavy atom. The number of ketones is 1. The third-order valence-electron chi connectivity index (χ3n) is 0.811. The highest BCUT2D eigenvalue weighted by molar-refractivity contribution is 6.40. The molecule has 0 aromatic heterocycles. The Kier molecular flexibility index (Phi) is 25.9. The first-order valence-corrected chi connectivity index (χ1v) is 5.38. The van der Waals surface area contributed by atoms with Gasteiger partial charge in [-0.25, -0.2) is 0 Å². The van der Waals surface area contributed by atoms with Crippen LogP contribution in [0, 0.1) is 0 Å². The zero-order valence-corrected chi connectivity index (χ0v) is 10.8. The Morgan fingerprint density at radius 1 is 1.27 bits per heavy atom. The third kappa shape index (κ3) is 57.8. The number of aliphatic hydroxyl groups excluding tert-OH is 1. The summed E-state index contributed by atoms with van der Waals surface area (Å²) >= 11 is 9.53. The Hall–Kier alpha value is -0.320. The van der Waals surface area contributed by atoms with Crippen LogP contribution in [0.15, 0.2) is 0 Å². The highest BCUT2D eigenvalue weighted by atomic mass is 35.5. The number of hydrogen-bond donors (Lipinski definition) is 1. The number of hydrogen-bond acceptors (Lipinski definition) is 4. The predicted octanol–water partition coefficient (Wildman–Crippen LogP) is 1.95. The molecule has 0 aromatic carbocycles. The maximum absolute atomic E-state index is 9.88. The molecule has 0 aliphatic rings. The van der Waals surface area contributed by atoms with E-state index in [4.69, 9.17) is 28.3 Å². The number of halogens is 2. The number of alkyl halides is 2. The van der Waals surface area contributed by atoms with Crippen LogP contribution in [0.2, 0.25) is 0 Å². The number of rotatable bonds is 3. The Morgan fingerprint density at radius 2 is 1.67 bits per heavy atom. The molecule has 0 spiro atoms. The average Bonchev–Trinajstić information content (AvgIpc) is 2.05. The lowest BCUT2D eigenvalue weighted by molar-refractivity contribution is -0.140. The van der Waals surface area contributed by atoms with Crippen LogP contribution < -0.4 is 0 Å². The SMILES string of the molecule is CC(=O)CCO.CCOC(C)=O.ClCCl. The fourth-order valence-corrected chi connectivity index (χ4v) is 0.361. The average molecular weight is 261 g/mol. The van der Waals surface area contributed by atoms with Gasteiger partial charge in [0.25, 0.3) is 0 Å². The van der Waals surface area contributed by atoms with Gasteiger partial charge in [-0.2, -0.15) is 0 Å². The lowest BCUT2D eigenvalue weighted by Gasteiger charge is -1.89. The summed E-state index contributed by atoms with van der Waals surface area (Å²) in [6, 6.07) is 0. The van der Waals surface area contributed by atoms with E-state index in [1.807, 2.05) is 0 Å².